The molecule has 32 heavy (non-hydrogen) atoms. The molecule has 1 aliphatic heterocycles. The van der Waals surface area contributed by atoms with Gasteiger partial charge in [0.05, 0.1) is 19.6 Å². The fourth-order valence-electron chi connectivity index (χ4n) is 4.15. The minimum absolute atomic E-state index is 0.309. The van der Waals surface area contributed by atoms with Gasteiger partial charge < -0.3 is 19.2 Å². The predicted molar refractivity (Wildman–Crippen MR) is 131 cm³/mol. The van der Waals surface area contributed by atoms with E-state index in [1.165, 1.54) is 11.3 Å². The van der Waals surface area contributed by atoms with Crippen molar-refractivity contribution in [1.29, 1.82) is 0 Å². The van der Waals surface area contributed by atoms with E-state index in [2.05, 4.69) is 60.9 Å². The van der Waals surface area contributed by atoms with Crippen LogP contribution in [0.15, 0.2) is 59.4 Å². The molecule has 0 N–H and O–H groups in total. The molecule has 0 amide bonds. The molecule has 0 bridgehead atoms. The third-order valence-electron chi connectivity index (χ3n) is 6.27. The van der Waals surface area contributed by atoms with E-state index >= 15 is 0 Å². The second-order valence-electron chi connectivity index (χ2n) is 8.89. The Labute approximate surface area is 193 Å². The molecule has 1 fully saturated rings. The summed E-state index contributed by atoms with van der Waals surface area (Å²) < 4.78 is 11.5. The van der Waals surface area contributed by atoms with Gasteiger partial charge in [0.1, 0.15) is 17.8 Å². The van der Waals surface area contributed by atoms with Crippen molar-refractivity contribution in [1.82, 2.24) is 4.90 Å². The van der Waals surface area contributed by atoms with Gasteiger partial charge in [-0.15, -0.1) is 0 Å². The van der Waals surface area contributed by atoms with Crippen molar-refractivity contribution in [3.05, 3.63) is 59.4 Å². The molecular weight excluding hydrogens is 400 g/mol. The summed E-state index contributed by atoms with van der Waals surface area (Å²) in [6.45, 7) is 11.8. The minimum Gasteiger partial charge on any atom is -0.497 e. The quantitative estimate of drug-likeness (QED) is 0.386. The second-order valence-corrected chi connectivity index (χ2v) is 8.89. The highest BCUT2D eigenvalue weighted by atomic mass is 16.5. The van der Waals surface area contributed by atoms with E-state index in [9.17, 15) is 4.79 Å². The van der Waals surface area contributed by atoms with E-state index in [0.29, 0.717) is 12.5 Å². The molecule has 3 rings (SSSR count). The Hall–Kier alpha value is -2.53. The average Bonchev–Trinajstić information content (AvgIpc) is 2.99. The molecule has 1 atom stereocenters. The molecule has 5 heteroatoms. The van der Waals surface area contributed by atoms with Crippen LogP contribution in [0.1, 0.15) is 33.6 Å². The summed E-state index contributed by atoms with van der Waals surface area (Å²) in [5, 5.41) is 0. The highest BCUT2D eigenvalue weighted by Gasteiger charge is 2.26. The van der Waals surface area contributed by atoms with Crippen LogP contribution < -0.4 is 9.64 Å². The third kappa shape index (κ3) is 6.26. The highest BCUT2D eigenvalue weighted by molar-refractivity contribution is 5.65. The summed E-state index contributed by atoms with van der Waals surface area (Å²) in [5.74, 6) is 1.76. The van der Waals surface area contributed by atoms with Gasteiger partial charge in [-0.2, -0.15) is 0 Å². The molecule has 1 aromatic rings. The number of piperazine rings is 1. The van der Waals surface area contributed by atoms with Crippen molar-refractivity contribution >= 4 is 12.0 Å². The molecule has 2 aliphatic rings. The Morgan fingerprint density at radius 2 is 1.94 bits per heavy atom. The molecule has 0 saturated carbocycles. The number of benzene rings is 1. The van der Waals surface area contributed by atoms with Crippen LogP contribution in [0.25, 0.3) is 0 Å². The van der Waals surface area contributed by atoms with Crippen LogP contribution in [0, 0.1) is 11.8 Å². The van der Waals surface area contributed by atoms with Gasteiger partial charge in [-0.1, -0.05) is 45.4 Å². The number of carbonyl (C=O) groups excluding carboxylic acids is 1. The smallest absolute Gasteiger partial charge is 0.134 e. The first-order chi connectivity index (χ1) is 15.5. The molecule has 0 spiro atoms. The SMILES string of the molecule is CCCCOC1=CC(C(C)C)=CC=C(CN2CCN(c3cccc(OC)c3)CC2)C1C=O. The van der Waals surface area contributed by atoms with Crippen molar-refractivity contribution < 1.29 is 14.3 Å². The number of aldehydes is 1. The molecule has 1 unspecified atom stereocenters. The fraction of sp³-hybridized carbons (Fsp3) is 0.519. The van der Waals surface area contributed by atoms with Crippen LogP contribution >= 0.6 is 0 Å². The monoisotopic (exact) mass is 438 g/mol. The lowest BCUT2D eigenvalue weighted by Gasteiger charge is -2.37. The van der Waals surface area contributed by atoms with Gasteiger partial charge in [0, 0.05) is 44.5 Å². The molecule has 0 radical (unpaired) electrons. The standard InChI is InChI=1S/C27H38N2O3/c1-5-6-16-32-27-17-22(21(2)3)10-11-23(26(27)20-30)19-28-12-14-29(15-13-28)24-8-7-9-25(18-24)31-4/h7-11,17-18,20-21,26H,5-6,12-16,19H2,1-4H3. The largest absolute Gasteiger partial charge is 0.497 e. The van der Waals surface area contributed by atoms with Gasteiger partial charge in [-0.25, -0.2) is 0 Å². The van der Waals surface area contributed by atoms with Gasteiger partial charge >= 0.3 is 0 Å². The molecule has 1 heterocycles. The van der Waals surface area contributed by atoms with E-state index in [-0.39, 0.29) is 5.92 Å². The lowest BCUT2D eigenvalue weighted by Crippen LogP contribution is -2.47. The van der Waals surface area contributed by atoms with Crippen molar-refractivity contribution in [2.75, 3.05) is 51.3 Å². The zero-order chi connectivity index (χ0) is 22.9. The maximum absolute atomic E-state index is 12.2. The predicted octanol–water partition coefficient (Wildman–Crippen LogP) is 4.86. The molecule has 1 aromatic carbocycles. The number of nitrogens with zero attached hydrogens (tertiary/aromatic N) is 2. The molecular formula is C27H38N2O3. The summed E-state index contributed by atoms with van der Waals surface area (Å²) in [6, 6.07) is 8.24. The fourth-order valence-corrected chi connectivity index (χ4v) is 4.15. The number of allylic oxidation sites excluding steroid dienone is 5. The third-order valence-corrected chi connectivity index (χ3v) is 6.27. The molecule has 174 valence electrons. The lowest BCUT2D eigenvalue weighted by molar-refractivity contribution is -0.110. The second kappa shape index (κ2) is 11.9. The first-order valence-corrected chi connectivity index (χ1v) is 11.9. The number of hydrogen-bond acceptors (Lipinski definition) is 5. The van der Waals surface area contributed by atoms with Crippen LogP contribution in [-0.4, -0.2) is 57.6 Å². The van der Waals surface area contributed by atoms with Crippen molar-refractivity contribution in [2.45, 2.75) is 33.6 Å². The van der Waals surface area contributed by atoms with E-state index < -0.39 is 0 Å². The number of anilines is 1. The van der Waals surface area contributed by atoms with Gasteiger partial charge in [-0.3, -0.25) is 4.90 Å². The highest BCUT2D eigenvalue weighted by Crippen LogP contribution is 2.29. The Morgan fingerprint density at radius 3 is 2.59 bits per heavy atom. The van der Waals surface area contributed by atoms with Crippen molar-refractivity contribution in [3.8, 4) is 5.75 Å². The summed E-state index contributed by atoms with van der Waals surface area (Å²) in [4.78, 5) is 17.0. The number of carbonyl (C=O) groups is 1. The van der Waals surface area contributed by atoms with Gasteiger partial charge in [0.15, 0.2) is 0 Å². The Balaban J connectivity index is 1.68. The van der Waals surface area contributed by atoms with Crippen LogP contribution in [0.4, 0.5) is 5.69 Å². The average molecular weight is 439 g/mol. The molecule has 1 saturated heterocycles. The van der Waals surface area contributed by atoms with Crippen LogP contribution in [0.3, 0.4) is 0 Å². The number of methoxy groups -OCH3 is 1. The van der Waals surface area contributed by atoms with Crippen molar-refractivity contribution in [2.24, 2.45) is 11.8 Å². The normalized spacial score (nSPS) is 19.7. The molecule has 1 aliphatic carbocycles. The van der Waals surface area contributed by atoms with Gasteiger partial charge in [0.2, 0.25) is 0 Å². The summed E-state index contributed by atoms with van der Waals surface area (Å²) >= 11 is 0. The Morgan fingerprint density at radius 1 is 1.16 bits per heavy atom. The van der Waals surface area contributed by atoms with Gasteiger partial charge in [-0.05, 0) is 41.7 Å². The lowest BCUT2D eigenvalue weighted by atomic mass is 9.97. The molecule has 5 nitrogen and oxygen atoms in total. The van der Waals surface area contributed by atoms with Crippen LogP contribution in [0.2, 0.25) is 0 Å². The van der Waals surface area contributed by atoms with Crippen molar-refractivity contribution in [3.63, 3.8) is 0 Å². The maximum Gasteiger partial charge on any atom is 0.134 e. The number of unbranched alkanes of at least 4 members (excludes halogenated alkanes) is 1. The van der Waals surface area contributed by atoms with E-state index in [1.54, 1.807) is 7.11 Å². The molecule has 0 aromatic heterocycles. The van der Waals surface area contributed by atoms with E-state index in [1.807, 2.05) is 12.1 Å². The van der Waals surface area contributed by atoms with Crippen LogP contribution in [0.5, 0.6) is 5.75 Å². The minimum atomic E-state index is -0.309. The van der Waals surface area contributed by atoms with Crippen LogP contribution in [-0.2, 0) is 9.53 Å². The Bertz CT molecular complexity index is 848. The zero-order valence-electron chi connectivity index (χ0n) is 20.0. The summed E-state index contributed by atoms with van der Waals surface area (Å²) in [6.07, 6.45) is 9.52. The zero-order valence-corrected chi connectivity index (χ0v) is 20.0. The van der Waals surface area contributed by atoms with Gasteiger partial charge in [0.25, 0.3) is 0 Å². The first kappa shape index (κ1) is 24.1. The summed E-state index contributed by atoms with van der Waals surface area (Å²) in [7, 11) is 1.70. The number of ether oxygens (including phenoxy) is 2. The summed E-state index contributed by atoms with van der Waals surface area (Å²) in [5.41, 5.74) is 3.52. The van der Waals surface area contributed by atoms with E-state index in [0.717, 1.165) is 68.9 Å². The van der Waals surface area contributed by atoms with E-state index in [4.69, 9.17) is 9.47 Å². The number of rotatable bonds is 10. The number of hydrogen-bond donors (Lipinski definition) is 0. The topological polar surface area (TPSA) is 42.0 Å². The Kier molecular flexibility index (Phi) is 8.98. The first-order valence-electron chi connectivity index (χ1n) is 11.9. The maximum atomic E-state index is 12.2.